The second kappa shape index (κ2) is 12.5. The van der Waals surface area contributed by atoms with Gasteiger partial charge in [0.15, 0.2) is 0 Å². The van der Waals surface area contributed by atoms with Crippen LogP contribution in [0.25, 0.3) is 78.1 Å². The van der Waals surface area contributed by atoms with Crippen LogP contribution in [0.2, 0.25) is 0 Å². The molecule has 0 bridgehead atoms. The standard InChI is InChI=1S/C50H37N/c1-50(2)46-30-40(34-14-6-3-7-15-34)24-26-44(46)45-27-25-41(31-47(45)50)38-21-12-20-37(28-38)39-22-13-23-42(29-39)49-33-43(35-16-8-4-9-17-35)32-48(51-49)36-18-10-5-11-19-36/h3-33H,1-2H3. The van der Waals surface area contributed by atoms with Crippen molar-refractivity contribution in [1.82, 2.24) is 4.98 Å². The molecule has 0 fully saturated rings. The third kappa shape index (κ3) is 5.67. The molecule has 51 heavy (non-hydrogen) atoms. The van der Waals surface area contributed by atoms with Gasteiger partial charge >= 0.3 is 0 Å². The first-order valence-electron chi connectivity index (χ1n) is 17.7. The van der Waals surface area contributed by atoms with Crippen molar-refractivity contribution >= 4 is 0 Å². The van der Waals surface area contributed by atoms with Crippen molar-refractivity contribution in [3.05, 3.63) is 199 Å². The van der Waals surface area contributed by atoms with Crippen LogP contribution in [0.3, 0.4) is 0 Å². The molecule has 0 radical (unpaired) electrons. The first kappa shape index (κ1) is 30.7. The van der Waals surface area contributed by atoms with Crippen LogP contribution in [-0.4, -0.2) is 4.98 Å². The van der Waals surface area contributed by atoms with Gasteiger partial charge in [-0.25, -0.2) is 4.98 Å². The van der Waals surface area contributed by atoms with Gasteiger partial charge < -0.3 is 0 Å². The smallest absolute Gasteiger partial charge is 0.0715 e. The Balaban J connectivity index is 1.07. The van der Waals surface area contributed by atoms with Crippen molar-refractivity contribution in [1.29, 1.82) is 0 Å². The number of pyridine rings is 1. The first-order chi connectivity index (χ1) is 25.0. The topological polar surface area (TPSA) is 12.9 Å². The molecule has 1 aliphatic carbocycles. The number of nitrogens with zero attached hydrogens (tertiary/aromatic N) is 1. The van der Waals surface area contributed by atoms with Crippen LogP contribution in [0, 0.1) is 0 Å². The largest absolute Gasteiger partial charge is 0.248 e. The van der Waals surface area contributed by atoms with Crippen LogP contribution in [0.5, 0.6) is 0 Å². The second-order valence-electron chi connectivity index (χ2n) is 14.0. The fourth-order valence-electron chi connectivity index (χ4n) is 7.70. The first-order valence-corrected chi connectivity index (χ1v) is 17.7. The lowest BCUT2D eigenvalue weighted by Gasteiger charge is -2.22. The summed E-state index contributed by atoms with van der Waals surface area (Å²) < 4.78 is 0. The van der Waals surface area contributed by atoms with Gasteiger partial charge in [0.1, 0.15) is 0 Å². The summed E-state index contributed by atoms with van der Waals surface area (Å²) in [7, 11) is 0. The maximum Gasteiger partial charge on any atom is 0.0715 e. The van der Waals surface area contributed by atoms with Crippen molar-refractivity contribution in [2.75, 3.05) is 0 Å². The number of hydrogen-bond acceptors (Lipinski definition) is 1. The van der Waals surface area contributed by atoms with E-state index in [9.17, 15) is 0 Å². The molecule has 9 rings (SSSR count). The monoisotopic (exact) mass is 651 g/mol. The number of benzene rings is 7. The fraction of sp³-hybridized carbons (Fsp3) is 0.0600. The molecule has 0 unspecified atom stereocenters. The van der Waals surface area contributed by atoms with E-state index in [-0.39, 0.29) is 5.41 Å². The average molecular weight is 652 g/mol. The van der Waals surface area contributed by atoms with Crippen LogP contribution in [0.15, 0.2) is 188 Å². The van der Waals surface area contributed by atoms with E-state index in [4.69, 9.17) is 4.98 Å². The minimum Gasteiger partial charge on any atom is -0.248 e. The van der Waals surface area contributed by atoms with Crippen molar-refractivity contribution in [3.8, 4) is 78.1 Å². The number of hydrogen-bond donors (Lipinski definition) is 0. The number of fused-ring (bicyclic) bond motifs is 3. The van der Waals surface area contributed by atoms with E-state index in [2.05, 4.69) is 196 Å². The van der Waals surface area contributed by atoms with Gasteiger partial charge in [0.25, 0.3) is 0 Å². The third-order valence-electron chi connectivity index (χ3n) is 10.5. The molecule has 0 saturated heterocycles. The molecule has 8 aromatic rings. The van der Waals surface area contributed by atoms with E-state index < -0.39 is 0 Å². The highest BCUT2D eigenvalue weighted by molar-refractivity contribution is 5.87. The Labute approximate surface area is 300 Å². The summed E-state index contributed by atoms with van der Waals surface area (Å²) in [4.78, 5) is 5.19. The molecule has 0 atom stereocenters. The molecule has 0 aliphatic heterocycles. The molecule has 0 saturated carbocycles. The highest BCUT2D eigenvalue weighted by Crippen LogP contribution is 2.50. The zero-order chi connectivity index (χ0) is 34.4. The highest BCUT2D eigenvalue weighted by atomic mass is 14.7. The number of rotatable bonds is 6. The molecule has 0 N–H and O–H groups in total. The zero-order valence-electron chi connectivity index (χ0n) is 28.8. The Kier molecular flexibility index (Phi) is 7.55. The minimum atomic E-state index is -0.0999. The maximum absolute atomic E-state index is 5.19. The molecule has 1 aliphatic rings. The molecule has 7 aromatic carbocycles. The molecular formula is C50H37N. The van der Waals surface area contributed by atoms with Gasteiger partial charge in [0.2, 0.25) is 0 Å². The van der Waals surface area contributed by atoms with Gasteiger partial charge in [-0.15, -0.1) is 0 Å². The Morgan fingerprint density at radius 1 is 0.294 bits per heavy atom. The summed E-state index contributed by atoms with van der Waals surface area (Å²) in [5.41, 5.74) is 19.2. The average Bonchev–Trinajstić information content (AvgIpc) is 3.43. The van der Waals surface area contributed by atoms with E-state index in [1.165, 1.54) is 61.2 Å². The van der Waals surface area contributed by atoms with Crippen molar-refractivity contribution in [2.24, 2.45) is 0 Å². The molecular weight excluding hydrogens is 615 g/mol. The number of aromatic nitrogens is 1. The summed E-state index contributed by atoms with van der Waals surface area (Å²) >= 11 is 0. The maximum atomic E-state index is 5.19. The Hall–Kier alpha value is -6.31. The van der Waals surface area contributed by atoms with E-state index in [0.29, 0.717) is 0 Å². The Morgan fingerprint density at radius 3 is 1.20 bits per heavy atom. The molecule has 242 valence electrons. The van der Waals surface area contributed by atoms with Gasteiger partial charge in [-0.1, -0.05) is 166 Å². The normalized spacial score (nSPS) is 12.7. The van der Waals surface area contributed by atoms with Crippen LogP contribution in [0.4, 0.5) is 0 Å². The van der Waals surface area contributed by atoms with Gasteiger partial charge in [0.05, 0.1) is 11.4 Å². The minimum absolute atomic E-state index is 0.0999. The predicted molar refractivity (Wildman–Crippen MR) is 214 cm³/mol. The summed E-state index contributed by atoms with van der Waals surface area (Å²) in [6.07, 6.45) is 0. The lowest BCUT2D eigenvalue weighted by Crippen LogP contribution is -2.15. The van der Waals surface area contributed by atoms with Crippen LogP contribution in [0.1, 0.15) is 25.0 Å². The van der Waals surface area contributed by atoms with E-state index in [0.717, 1.165) is 28.1 Å². The van der Waals surface area contributed by atoms with Gasteiger partial charge in [-0.3, -0.25) is 0 Å². The van der Waals surface area contributed by atoms with E-state index in [1.807, 2.05) is 6.07 Å². The molecule has 1 aromatic heterocycles. The van der Waals surface area contributed by atoms with Crippen molar-refractivity contribution in [3.63, 3.8) is 0 Å². The molecule has 1 heteroatoms. The van der Waals surface area contributed by atoms with Gasteiger partial charge in [0, 0.05) is 16.5 Å². The summed E-state index contributed by atoms with van der Waals surface area (Å²) in [6, 6.07) is 67.8. The van der Waals surface area contributed by atoms with Crippen LogP contribution < -0.4 is 0 Å². The highest BCUT2D eigenvalue weighted by Gasteiger charge is 2.35. The Bertz CT molecular complexity index is 2470. The molecule has 1 nitrogen and oxygen atoms in total. The third-order valence-corrected chi connectivity index (χ3v) is 10.5. The SMILES string of the molecule is CC1(C)c2cc(-c3ccccc3)ccc2-c2ccc(-c3cccc(-c4cccc(-c5cc(-c6ccccc6)cc(-c6ccccc6)n5)c4)c3)cc21. The van der Waals surface area contributed by atoms with Crippen LogP contribution >= 0.6 is 0 Å². The van der Waals surface area contributed by atoms with Crippen molar-refractivity contribution in [2.45, 2.75) is 19.3 Å². The van der Waals surface area contributed by atoms with Crippen LogP contribution in [-0.2, 0) is 5.41 Å². The molecule has 0 amide bonds. The lowest BCUT2D eigenvalue weighted by atomic mass is 9.80. The van der Waals surface area contributed by atoms with Crippen molar-refractivity contribution < 1.29 is 0 Å². The van der Waals surface area contributed by atoms with Gasteiger partial charge in [-0.2, -0.15) is 0 Å². The second-order valence-corrected chi connectivity index (χ2v) is 14.0. The lowest BCUT2D eigenvalue weighted by molar-refractivity contribution is 0.661. The molecule has 1 heterocycles. The quantitative estimate of drug-likeness (QED) is 0.174. The molecule has 0 spiro atoms. The van der Waals surface area contributed by atoms with E-state index >= 15 is 0 Å². The fourth-order valence-corrected chi connectivity index (χ4v) is 7.70. The summed E-state index contributed by atoms with van der Waals surface area (Å²) in [5.74, 6) is 0. The summed E-state index contributed by atoms with van der Waals surface area (Å²) in [5, 5.41) is 0. The zero-order valence-corrected chi connectivity index (χ0v) is 28.8. The predicted octanol–water partition coefficient (Wildman–Crippen LogP) is 13.4. The summed E-state index contributed by atoms with van der Waals surface area (Å²) in [6.45, 7) is 4.73. The van der Waals surface area contributed by atoms with Gasteiger partial charge in [-0.05, 0) is 103 Å². The Morgan fingerprint density at radius 2 is 0.667 bits per heavy atom. The van der Waals surface area contributed by atoms with E-state index in [1.54, 1.807) is 0 Å².